The van der Waals surface area contributed by atoms with Crippen molar-refractivity contribution in [1.82, 2.24) is 4.90 Å². The number of hydrogen-bond donors (Lipinski definition) is 2. The van der Waals surface area contributed by atoms with Gasteiger partial charge < -0.3 is 19.8 Å². The minimum atomic E-state index is -1.31. The SMILES string of the molecule is CN(C)CCC(Oc1ccc2cc(I)ccc2c1)c1cscc1Br.O=C(O)CC(=O)O. The first-order valence-corrected chi connectivity index (χ1v) is 12.1. The van der Waals surface area contributed by atoms with Crippen LogP contribution in [0.15, 0.2) is 51.6 Å². The fourth-order valence-electron chi connectivity index (χ4n) is 2.74. The fraction of sp³-hybridized carbons (Fsp3) is 0.273. The Balaban J connectivity index is 0.000000423. The van der Waals surface area contributed by atoms with Gasteiger partial charge in [0.15, 0.2) is 0 Å². The predicted molar refractivity (Wildman–Crippen MR) is 135 cm³/mol. The number of benzene rings is 2. The second-order valence-corrected chi connectivity index (χ2v) is 9.83. The number of carbonyl (C=O) groups is 2. The molecule has 1 aromatic heterocycles. The molecule has 0 saturated carbocycles. The number of ether oxygens (including phenoxy) is 1. The molecule has 0 aliphatic rings. The summed E-state index contributed by atoms with van der Waals surface area (Å²) in [5.41, 5.74) is 1.23. The van der Waals surface area contributed by atoms with Crippen LogP contribution in [0.2, 0.25) is 0 Å². The maximum atomic E-state index is 9.43. The lowest BCUT2D eigenvalue weighted by Crippen LogP contribution is -2.18. The Hall–Kier alpha value is -1.69. The van der Waals surface area contributed by atoms with Crippen molar-refractivity contribution in [2.24, 2.45) is 0 Å². The van der Waals surface area contributed by atoms with Gasteiger partial charge in [-0.25, -0.2) is 0 Å². The third-order valence-corrected chi connectivity index (χ3v) is 6.60. The Labute approximate surface area is 207 Å². The molecule has 0 fully saturated rings. The van der Waals surface area contributed by atoms with Crippen LogP contribution in [0.4, 0.5) is 0 Å². The van der Waals surface area contributed by atoms with Crippen LogP contribution >= 0.6 is 49.9 Å². The van der Waals surface area contributed by atoms with E-state index in [2.05, 4.69) is 105 Å². The van der Waals surface area contributed by atoms with Crippen molar-refractivity contribution < 1.29 is 24.5 Å². The average molecular weight is 620 g/mol. The lowest BCUT2D eigenvalue weighted by molar-refractivity contribution is -0.147. The molecule has 1 atom stereocenters. The van der Waals surface area contributed by atoms with E-state index in [1.54, 1.807) is 11.3 Å². The van der Waals surface area contributed by atoms with Gasteiger partial charge in [0.2, 0.25) is 0 Å². The van der Waals surface area contributed by atoms with Gasteiger partial charge in [-0.3, -0.25) is 9.59 Å². The molecular formula is C22H23BrINO5S. The number of fused-ring (bicyclic) bond motifs is 1. The summed E-state index contributed by atoms with van der Waals surface area (Å²) in [6.45, 7) is 0.985. The molecule has 166 valence electrons. The Bertz CT molecular complexity index is 1030. The first kappa shape index (κ1) is 25.6. The summed E-state index contributed by atoms with van der Waals surface area (Å²) in [4.78, 5) is 21.1. The van der Waals surface area contributed by atoms with E-state index in [9.17, 15) is 9.59 Å². The number of carboxylic acids is 2. The average Bonchev–Trinajstić information content (AvgIpc) is 3.10. The molecule has 6 nitrogen and oxygen atoms in total. The van der Waals surface area contributed by atoms with Gasteiger partial charge in [-0.1, -0.05) is 12.1 Å². The summed E-state index contributed by atoms with van der Waals surface area (Å²) < 4.78 is 8.76. The molecule has 2 N–H and O–H groups in total. The third-order valence-electron chi connectivity index (χ3n) is 4.18. The molecule has 0 amide bonds. The van der Waals surface area contributed by atoms with Gasteiger partial charge in [-0.05, 0) is 93.0 Å². The molecule has 0 saturated heterocycles. The summed E-state index contributed by atoms with van der Waals surface area (Å²) in [7, 11) is 4.19. The third kappa shape index (κ3) is 8.76. The van der Waals surface area contributed by atoms with Gasteiger partial charge in [0.25, 0.3) is 0 Å². The summed E-state index contributed by atoms with van der Waals surface area (Å²) >= 11 is 7.70. The summed E-state index contributed by atoms with van der Waals surface area (Å²) in [5.74, 6) is -1.70. The first-order valence-electron chi connectivity index (χ1n) is 9.31. The molecule has 2 aromatic carbocycles. The number of halogens is 2. The summed E-state index contributed by atoms with van der Waals surface area (Å²) in [6, 6.07) is 12.8. The van der Waals surface area contributed by atoms with Crippen LogP contribution in [-0.2, 0) is 9.59 Å². The highest BCUT2D eigenvalue weighted by Crippen LogP contribution is 2.34. The number of aliphatic carboxylic acids is 2. The van der Waals surface area contributed by atoms with E-state index in [0.717, 1.165) is 23.2 Å². The molecule has 3 rings (SSSR count). The van der Waals surface area contributed by atoms with Crippen LogP contribution in [0.1, 0.15) is 24.5 Å². The monoisotopic (exact) mass is 619 g/mol. The molecule has 31 heavy (non-hydrogen) atoms. The highest BCUT2D eigenvalue weighted by Gasteiger charge is 2.18. The summed E-state index contributed by atoms with van der Waals surface area (Å²) in [5, 5.41) is 22.2. The number of nitrogens with zero attached hydrogens (tertiary/aromatic N) is 1. The van der Waals surface area contributed by atoms with Gasteiger partial charge >= 0.3 is 11.9 Å². The number of hydrogen-bond acceptors (Lipinski definition) is 5. The van der Waals surface area contributed by atoms with Crippen molar-refractivity contribution in [3.63, 3.8) is 0 Å². The molecule has 0 bridgehead atoms. The predicted octanol–water partition coefficient (Wildman–Crippen LogP) is 5.89. The zero-order valence-electron chi connectivity index (χ0n) is 17.0. The van der Waals surface area contributed by atoms with E-state index in [1.807, 2.05) is 0 Å². The minimum absolute atomic E-state index is 0.0503. The van der Waals surface area contributed by atoms with E-state index in [0.29, 0.717) is 0 Å². The van der Waals surface area contributed by atoms with Crippen LogP contribution in [0.25, 0.3) is 10.8 Å². The zero-order chi connectivity index (χ0) is 23.0. The lowest BCUT2D eigenvalue weighted by atomic mass is 10.1. The Morgan fingerprint density at radius 1 is 1.10 bits per heavy atom. The smallest absolute Gasteiger partial charge is 0.314 e. The summed E-state index contributed by atoms with van der Waals surface area (Å²) in [6.07, 6.45) is 0.196. The van der Waals surface area contributed by atoms with Crippen LogP contribution in [0.5, 0.6) is 5.75 Å². The van der Waals surface area contributed by atoms with Gasteiger partial charge in [-0.15, -0.1) is 0 Å². The molecule has 0 aliphatic carbocycles. The van der Waals surface area contributed by atoms with Crippen molar-refractivity contribution in [2.75, 3.05) is 20.6 Å². The van der Waals surface area contributed by atoms with Gasteiger partial charge in [0.1, 0.15) is 18.3 Å². The highest BCUT2D eigenvalue weighted by atomic mass is 127. The van der Waals surface area contributed by atoms with Crippen LogP contribution in [0, 0.1) is 3.57 Å². The standard InChI is InChI=1S/C19H19BrINOS.C3H4O4/c1-22(2)8-7-19(17-11-24-12-18(17)20)23-16-6-4-13-9-15(21)5-3-14(13)10-16;4-2(5)1-3(6)7/h3-6,9-12,19H,7-8H2,1-2H3;1H2,(H,4,5)(H,6,7). The van der Waals surface area contributed by atoms with E-state index >= 15 is 0 Å². The second kappa shape index (κ2) is 12.4. The van der Waals surface area contributed by atoms with Crippen molar-refractivity contribution in [3.8, 4) is 5.75 Å². The molecule has 3 aromatic rings. The number of carboxylic acid groups (broad SMARTS) is 2. The van der Waals surface area contributed by atoms with E-state index in [4.69, 9.17) is 14.9 Å². The normalized spacial score (nSPS) is 11.6. The first-order chi connectivity index (χ1) is 14.7. The molecule has 0 spiro atoms. The van der Waals surface area contributed by atoms with Crippen LogP contribution in [0.3, 0.4) is 0 Å². The molecule has 0 aliphatic heterocycles. The van der Waals surface area contributed by atoms with Crippen LogP contribution < -0.4 is 4.74 Å². The van der Waals surface area contributed by atoms with Crippen molar-refractivity contribution in [3.05, 3.63) is 60.8 Å². The molecular weight excluding hydrogens is 597 g/mol. The van der Waals surface area contributed by atoms with Gasteiger partial charge in [0.05, 0.1) is 0 Å². The van der Waals surface area contributed by atoms with Crippen molar-refractivity contribution in [2.45, 2.75) is 18.9 Å². The number of thiophene rings is 1. The molecule has 1 heterocycles. The Morgan fingerprint density at radius 2 is 1.74 bits per heavy atom. The van der Waals surface area contributed by atoms with E-state index in [1.165, 1.54) is 19.9 Å². The quantitative estimate of drug-likeness (QED) is 0.242. The Morgan fingerprint density at radius 3 is 2.29 bits per heavy atom. The maximum absolute atomic E-state index is 9.43. The highest BCUT2D eigenvalue weighted by molar-refractivity contribution is 14.1. The maximum Gasteiger partial charge on any atom is 0.314 e. The number of rotatable bonds is 8. The fourth-order valence-corrected chi connectivity index (χ4v) is 4.85. The molecule has 0 radical (unpaired) electrons. The zero-order valence-corrected chi connectivity index (χ0v) is 21.6. The van der Waals surface area contributed by atoms with Gasteiger partial charge in [0, 0.05) is 32.0 Å². The topological polar surface area (TPSA) is 87.1 Å². The van der Waals surface area contributed by atoms with Crippen molar-refractivity contribution in [1.29, 1.82) is 0 Å². The van der Waals surface area contributed by atoms with Crippen LogP contribution in [-0.4, -0.2) is 47.7 Å². The van der Waals surface area contributed by atoms with Gasteiger partial charge in [-0.2, -0.15) is 11.3 Å². The second-order valence-electron chi connectivity index (χ2n) is 6.99. The van der Waals surface area contributed by atoms with E-state index in [-0.39, 0.29) is 6.10 Å². The molecule has 9 heteroatoms. The van der Waals surface area contributed by atoms with E-state index < -0.39 is 18.4 Å². The van der Waals surface area contributed by atoms with Crippen molar-refractivity contribution >= 4 is 72.6 Å². The molecule has 1 unspecified atom stereocenters. The largest absolute Gasteiger partial charge is 0.486 e. The minimum Gasteiger partial charge on any atom is -0.486 e. The Kier molecular flexibility index (Phi) is 10.2. The lowest BCUT2D eigenvalue weighted by Gasteiger charge is -2.21.